The monoisotopic (exact) mass is 485 g/mol. The van der Waals surface area contributed by atoms with Crippen molar-refractivity contribution in [1.29, 1.82) is 0 Å². The highest BCUT2D eigenvalue weighted by Gasteiger charge is 2.19. The molecule has 0 aliphatic heterocycles. The first-order valence-electron chi connectivity index (χ1n) is 11.4. The number of aromatic nitrogens is 5. The number of nitrogens with zero attached hydrogens (tertiary/aromatic N) is 4. The summed E-state index contributed by atoms with van der Waals surface area (Å²) < 4.78 is 35.8. The van der Waals surface area contributed by atoms with Crippen molar-refractivity contribution in [1.82, 2.24) is 24.1 Å². The average Bonchev–Trinajstić information content (AvgIpc) is 3.45. The fourth-order valence-electron chi connectivity index (χ4n) is 4.68. The molecule has 0 fully saturated rings. The van der Waals surface area contributed by atoms with Crippen molar-refractivity contribution in [3.8, 4) is 11.1 Å². The number of ether oxygens (including phenoxy) is 1. The van der Waals surface area contributed by atoms with E-state index in [4.69, 9.17) is 4.74 Å². The summed E-state index contributed by atoms with van der Waals surface area (Å²) in [5.41, 5.74) is 4.89. The number of hydrogen-bond donors (Lipinski definition) is 1. The molecule has 0 unspecified atom stereocenters. The fraction of sp³-hybridized carbons (Fsp3) is 0.148. The van der Waals surface area contributed by atoms with Crippen LogP contribution in [0.5, 0.6) is 0 Å². The first-order chi connectivity index (χ1) is 17.5. The van der Waals surface area contributed by atoms with Crippen molar-refractivity contribution in [3.63, 3.8) is 0 Å². The lowest BCUT2D eigenvalue weighted by atomic mass is 10.1. The summed E-state index contributed by atoms with van der Waals surface area (Å²) in [7, 11) is 1.57. The van der Waals surface area contributed by atoms with Gasteiger partial charge in [-0.25, -0.2) is 18.3 Å². The fourth-order valence-corrected chi connectivity index (χ4v) is 4.68. The number of rotatable bonds is 6. The molecule has 4 heterocycles. The third-order valence-corrected chi connectivity index (χ3v) is 6.42. The van der Waals surface area contributed by atoms with Gasteiger partial charge in [0.05, 0.1) is 28.8 Å². The predicted molar refractivity (Wildman–Crippen MR) is 133 cm³/mol. The Balaban J connectivity index is 1.41. The SMILES string of the molecule is COCc1nn2c(ncc3c(=O)n(CCc4c[nH]c5ccc(F)cc45)ccc32)c1-c1ccc(F)cc1. The highest BCUT2D eigenvalue weighted by atomic mass is 19.1. The molecule has 0 atom stereocenters. The van der Waals surface area contributed by atoms with Crippen LogP contribution in [0.4, 0.5) is 8.78 Å². The molecule has 0 spiro atoms. The zero-order chi connectivity index (χ0) is 24.8. The molecule has 4 aromatic heterocycles. The molecular weight excluding hydrogens is 464 g/mol. The van der Waals surface area contributed by atoms with Gasteiger partial charge in [0.15, 0.2) is 5.65 Å². The van der Waals surface area contributed by atoms with E-state index in [1.165, 1.54) is 24.3 Å². The van der Waals surface area contributed by atoms with E-state index in [2.05, 4.69) is 15.1 Å². The Labute approximate surface area is 203 Å². The van der Waals surface area contributed by atoms with E-state index >= 15 is 0 Å². The first kappa shape index (κ1) is 22.1. The summed E-state index contributed by atoms with van der Waals surface area (Å²) in [6.45, 7) is 0.658. The molecule has 0 aliphatic rings. The van der Waals surface area contributed by atoms with Gasteiger partial charge in [-0.05, 0) is 53.9 Å². The Kier molecular flexibility index (Phi) is 5.34. The van der Waals surface area contributed by atoms with Gasteiger partial charge < -0.3 is 14.3 Å². The van der Waals surface area contributed by atoms with Crippen LogP contribution in [0.3, 0.4) is 0 Å². The smallest absolute Gasteiger partial charge is 0.261 e. The van der Waals surface area contributed by atoms with Crippen LogP contribution in [0.15, 0.2) is 71.9 Å². The molecule has 0 bridgehead atoms. The summed E-state index contributed by atoms with van der Waals surface area (Å²) in [6, 6.07) is 12.6. The van der Waals surface area contributed by atoms with E-state index in [9.17, 15) is 13.6 Å². The summed E-state index contributed by atoms with van der Waals surface area (Å²) in [5, 5.41) is 5.91. The second kappa shape index (κ2) is 8.69. The van der Waals surface area contributed by atoms with Gasteiger partial charge in [0, 0.05) is 43.1 Å². The number of nitrogens with one attached hydrogen (secondary N) is 1. The van der Waals surface area contributed by atoms with Gasteiger partial charge in [0.25, 0.3) is 5.56 Å². The van der Waals surface area contributed by atoms with Crippen molar-refractivity contribution >= 4 is 27.5 Å². The van der Waals surface area contributed by atoms with Gasteiger partial charge in [-0.15, -0.1) is 0 Å². The second-order valence-corrected chi connectivity index (χ2v) is 8.62. The zero-order valence-corrected chi connectivity index (χ0v) is 19.3. The highest BCUT2D eigenvalue weighted by molar-refractivity contribution is 5.86. The van der Waals surface area contributed by atoms with E-state index in [1.807, 2.05) is 12.3 Å². The highest BCUT2D eigenvalue weighted by Crippen LogP contribution is 2.30. The second-order valence-electron chi connectivity index (χ2n) is 8.62. The maximum absolute atomic E-state index is 13.7. The lowest BCUT2D eigenvalue weighted by Crippen LogP contribution is -2.21. The zero-order valence-electron chi connectivity index (χ0n) is 19.3. The van der Waals surface area contributed by atoms with Crippen LogP contribution in [0, 0.1) is 11.6 Å². The van der Waals surface area contributed by atoms with Crippen molar-refractivity contribution in [2.75, 3.05) is 7.11 Å². The van der Waals surface area contributed by atoms with Crippen LogP contribution >= 0.6 is 0 Å². The lowest BCUT2D eigenvalue weighted by Gasteiger charge is -2.08. The van der Waals surface area contributed by atoms with Gasteiger partial charge >= 0.3 is 0 Å². The van der Waals surface area contributed by atoms with Crippen LogP contribution in [-0.2, 0) is 24.3 Å². The molecule has 180 valence electrons. The van der Waals surface area contributed by atoms with Crippen LogP contribution in [-0.4, -0.2) is 31.3 Å². The van der Waals surface area contributed by atoms with Crippen molar-refractivity contribution in [2.24, 2.45) is 0 Å². The molecule has 6 rings (SSSR count). The number of aromatic amines is 1. The molecule has 36 heavy (non-hydrogen) atoms. The van der Waals surface area contributed by atoms with Crippen molar-refractivity contribution < 1.29 is 13.5 Å². The Morgan fingerprint density at radius 1 is 1.03 bits per heavy atom. The average molecular weight is 485 g/mol. The minimum Gasteiger partial charge on any atom is -0.378 e. The number of hydrogen-bond acceptors (Lipinski definition) is 4. The Bertz CT molecular complexity index is 1800. The Morgan fingerprint density at radius 2 is 1.83 bits per heavy atom. The lowest BCUT2D eigenvalue weighted by molar-refractivity contribution is 0.181. The molecule has 7 nitrogen and oxygen atoms in total. The predicted octanol–water partition coefficient (Wildman–Crippen LogP) is 4.86. The molecular formula is C27H21F2N5O2. The van der Waals surface area contributed by atoms with E-state index in [0.29, 0.717) is 35.2 Å². The quantitative estimate of drug-likeness (QED) is 0.366. The van der Waals surface area contributed by atoms with Crippen LogP contribution < -0.4 is 5.56 Å². The number of methoxy groups -OCH3 is 1. The first-order valence-corrected chi connectivity index (χ1v) is 11.4. The molecule has 0 amide bonds. The maximum atomic E-state index is 13.7. The van der Waals surface area contributed by atoms with Crippen molar-refractivity contribution in [3.05, 3.63) is 100 Å². The number of halogens is 2. The number of pyridine rings is 1. The minimum atomic E-state index is -0.333. The molecule has 2 aromatic carbocycles. The summed E-state index contributed by atoms with van der Waals surface area (Å²) in [4.78, 5) is 21.0. The van der Waals surface area contributed by atoms with Gasteiger partial charge in [-0.1, -0.05) is 12.1 Å². The van der Waals surface area contributed by atoms with E-state index < -0.39 is 0 Å². The topological polar surface area (TPSA) is 77.2 Å². The van der Waals surface area contributed by atoms with E-state index in [-0.39, 0.29) is 23.8 Å². The van der Waals surface area contributed by atoms with Crippen LogP contribution in [0.2, 0.25) is 0 Å². The molecule has 0 saturated carbocycles. The Hall–Kier alpha value is -4.37. The van der Waals surface area contributed by atoms with E-state index in [1.54, 1.807) is 46.8 Å². The minimum absolute atomic E-state index is 0.194. The maximum Gasteiger partial charge on any atom is 0.261 e. The van der Waals surface area contributed by atoms with Crippen LogP contribution in [0.25, 0.3) is 38.6 Å². The Morgan fingerprint density at radius 3 is 2.64 bits per heavy atom. The largest absolute Gasteiger partial charge is 0.378 e. The van der Waals surface area contributed by atoms with Gasteiger partial charge in [0.2, 0.25) is 0 Å². The molecule has 6 aromatic rings. The van der Waals surface area contributed by atoms with Gasteiger partial charge in [-0.3, -0.25) is 4.79 Å². The third-order valence-electron chi connectivity index (χ3n) is 6.42. The van der Waals surface area contributed by atoms with Gasteiger partial charge in [0.1, 0.15) is 11.6 Å². The van der Waals surface area contributed by atoms with Crippen molar-refractivity contribution in [2.45, 2.75) is 19.6 Å². The number of H-pyrrole nitrogens is 1. The third kappa shape index (κ3) is 3.64. The molecule has 0 aliphatic carbocycles. The molecule has 9 heteroatoms. The normalized spacial score (nSPS) is 11.8. The molecule has 1 N–H and O–H groups in total. The van der Waals surface area contributed by atoms with Gasteiger partial charge in [-0.2, -0.15) is 5.10 Å². The van der Waals surface area contributed by atoms with Crippen LogP contribution in [0.1, 0.15) is 11.3 Å². The summed E-state index contributed by atoms with van der Waals surface area (Å²) >= 11 is 0. The summed E-state index contributed by atoms with van der Waals surface area (Å²) in [6.07, 6.45) is 5.68. The standard InChI is InChI=1S/C27H21F2N5O2/c1-36-15-23-25(16-2-4-18(28)5-3-16)26-31-14-21-24(34(26)32-23)9-11-33(27(21)35)10-8-17-13-30-22-7-6-19(29)12-20(17)22/h2-7,9,11-14,30H,8,10,15H2,1H3. The number of aryl methyl sites for hydroxylation is 2. The number of fused-ring (bicyclic) bond motifs is 4. The molecule has 0 radical (unpaired) electrons. The summed E-state index contributed by atoms with van der Waals surface area (Å²) in [5.74, 6) is -0.631. The van der Waals surface area contributed by atoms with E-state index in [0.717, 1.165) is 27.6 Å². The number of benzene rings is 2. The molecule has 0 saturated heterocycles.